The van der Waals surface area contributed by atoms with E-state index < -0.39 is 0 Å². The van der Waals surface area contributed by atoms with E-state index in [1.54, 1.807) is 23.3 Å². The number of carbonyl (C=O) groups is 1. The molecule has 0 bridgehead atoms. The SMILES string of the molecule is Cc1cc(C)n(-c2ccc(CNC(=O)Nc3cnc4c(cnn4C(C)C)c3)cn2)n1. The maximum absolute atomic E-state index is 12.3. The molecule has 0 radical (unpaired) electrons. The molecular formula is C21H24N8O. The second kappa shape index (κ2) is 7.94. The highest BCUT2D eigenvalue weighted by atomic mass is 16.2. The van der Waals surface area contributed by atoms with E-state index in [1.807, 2.05) is 56.6 Å². The minimum absolute atomic E-state index is 0.221. The van der Waals surface area contributed by atoms with Gasteiger partial charge in [0, 0.05) is 29.9 Å². The summed E-state index contributed by atoms with van der Waals surface area (Å²) in [5, 5.41) is 15.3. The maximum Gasteiger partial charge on any atom is 0.319 e. The highest BCUT2D eigenvalue weighted by molar-refractivity contribution is 5.91. The van der Waals surface area contributed by atoms with Crippen LogP contribution < -0.4 is 10.6 Å². The van der Waals surface area contributed by atoms with Crippen molar-refractivity contribution in [1.82, 2.24) is 34.8 Å². The molecule has 0 aromatic carbocycles. The van der Waals surface area contributed by atoms with E-state index in [-0.39, 0.29) is 12.1 Å². The van der Waals surface area contributed by atoms with Crippen LogP contribution in [-0.4, -0.2) is 35.6 Å². The molecule has 0 aliphatic rings. The molecular weight excluding hydrogens is 380 g/mol. The molecule has 0 aliphatic carbocycles. The topological polar surface area (TPSA) is 103 Å². The van der Waals surface area contributed by atoms with Crippen LogP contribution in [0.2, 0.25) is 0 Å². The number of pyridine rings is 2. The molecule has 2 amide bonds. The molecule has 0 fully saturated rings. The molecule has 154 valence electrons. The second-order valence-electron chi connectivity index (χ2n) is 7.49. The number of hydrogen-bond acceptors (Lipinski definition) is 5. The Morgan fingerprint density at radius 1 is 1.10 bits per heavy atom. The van der Waals surface area contributed by atoms with Gasteiger partial charge in [-0.25, -0.2) is 24.1 Å². The molecule has 4 rings (SSSR count). The van der Waals surface area contributed by atoms with Gasteiger partial charge < -0.3 is 10.6 Å². The predicted octanol–water partition coefficient (Wildman–Crippen LogP) is 3.53. The fourth-order valence-electron chi connectivity index (χ4n) is 3.25. The van der Waals surface area contributed by atoms with Gasteiger partial charge in [0.1, 0.15) is 0 Å². The molecule has 0 saturated carbocycles. The van der Waals surface area contributed by atoms with Crippen LogP contribution in [0.25, 0.3) is 16.9 Å². The normalized spacial score (nSPS) is 11.2. The first-order valence-corrected chi connectivity index (χ1v) is 9.77. The number of rotatable bonds is 5. The monoisotopic (exact) mass is 404 g/mol. The van der Waals surface area contributed by atoms with E-state index in [0.29, 0.717) is 12.2 Å². The Morgan fingerprint density at radius 3 is 2.60 bits per heavy atom. The molecule has 0 spiro atoms. The van der Waals surface area contributed by atoms with Crippen molar-refractivity contribution in [2.45, 2.75) is 40.3 Å². The van der Waals surface area contributed by atoms with Crippen molar-refractivity contribution >= 4 is 22.8 Å². The van der Waals surface area contributed by atoms with Crippen molar-refractivity contribution in [2.24, 2.45) is 0 Å². The Kier molecular flexibility index (Phi) is 5.18. The molecule has 9 nitrogen and oxygen atoms in total. The lowest BCUT2D eigenvalue weighted by Gasteiger charge is -2.09. The molecule has 0 saturated heterocycles. The van der Waals surface area contributed by atoms with Gasteiger partial charge in [-0.05, 0) is 51.5 Å². The van der Waals surface area contributed by atoms with Crippen LogP contribution in [0, 0.1) is 13.8 Å². The Bertz CT molecular complexity index is 1190. The van der Waals surface area contributed by atoms with Crippen LogP contribution >= 0.6 is 0 Å². The summed E-state index contributed by atoms with van der Waals surface area (Å²) in [5.74, 6) is 0.745. The van der Waals surface area contributed by atoms with Gasteiger partial charge in [-0.2, -0.15) is 10.2 Å². The predicted molar refractivity (Wildman–Crippen MR) is 115 cm³/mol. The summed E-state index contributed by atoms with van der Waals surface area (Å²) in [7, 11) is 0. The van der Waals surface area contributed by atoms with Gasteiger partial charge in [-0.15, -0.1) is 0 Å². The van der Waals surface area contributed by atoms with Crippen LogP contribution in [0.15, 0.2) is 42.9 Å². The van der Waals surface area contributed by atoms with E-state index in [2.05, 4.69) is 30.8 Å². The first-order chi connectivity index (χ1) is 14.4. The number of carbonyl (C=O) groups excluding carboxylic acids is 1. The average Bonchev–Trinajstić information content (AvgIpc) is 3.29. The number of fused-ring (bicyclic) bond motifs is 1. The Labute approximate surface area is 174 Å². The van der Waals surface area contributed by atoms with E-state index >= 15 is 0 Å². The number of amides is 2. The summed E-state index contributed by atoms with van der Waals surface area (Å²) < 4.78 is 3.64. The molecule has 4 heterocycles. The zero-order valence-corrected chi connectivity index (χ0v) is 17.4. The molecule has 2 N–H and O–H groups in total. The van der Waals surface area contributed by atoms with E-state index in [0.717, 1.165) is 33.8 Å². The molecule has 4 aromatic heterocycles. The maximum atomic E-state index is 12.3. The molecule has 4 aromatic rings. The molecule has 0 atom stereocenters. The zero-order chi connectivity index (χ0) is 21.3. The lowest BCUT2D eigenvalue weighted by atomic mass is 10.3. The first-order valence-electron chi connectivity index (χ1n) is 9.77. The van der Waals surface area contributed by atoms with Gasteiger partial charge in [0.05, 0.1) is 23.8 Å². The highest BCUT2D eigenvalue weighted by Crippen LogP contribution is 2.19. The quantitative estimate of drug-likeness (QED) is 0.530. The van der Waals surface area contributed by atoms with Crippen molar-refractivity contribution < 1.29 is 4.79 Å². The van der Waals surface area contributed by atoms with Gasteiger partial charge in [-0.1, -0.05) is 6.07 Å². The number of hydrogen-bond donors (Lipinski definition) is 2. The molecule has 9 heteroatoms. The molecule has 30 heavy (non-hydrogen) atoms. The fraction of sp³-hybridized carbons (Fsp3) is 0.286. The van der Waals surface area contributed by atoms with Crippen molar-refractivity contribution in [3.63, 3.8) is 0 Å². The summed E-state index contributed by atoms with van der Waals surface area (Å²) in [5.41, 5.74) is 4.27. The fourth-order valence-corrected chi connectivity index (χ4v) is 3.25. The van der Waals surface area contributed by atoms with Gasteiger partial charge in [0.2, 0.25) is 0 Å². The van der Waals surface area contributed by atoms with E-state index in [1.165, 1.54) is 0 Å². The third kappa shape index (κ3) is 4.00. The Hall–Kier alpha value is -3.75. The van der Waals surface area contributed by atoms with Crippen molar-refractivity contribution in [3.8, 4) is 5.82 Å². The molecule has 0 aliphatic heterocycles. The largest absolute Gasteiger partial charge is 0.334 e. The van der Waals surface area contributed by atoms with Crippen molar-refractivity contribution in [3.05, 3.63) is 59.8 Å². The number of urea groups is 1. The van der Waals surface area contributed by atoms with E-state index in [4.69, 9.17) is 0 Å². The summed E-state index contributed by atoms with van der Waals surface area (Å²) in [4.78, 5) is 21.1. The smallest absolute Gasteiger partial charge is 0.319 e. The lowest BCUT2D eigenvalue weighted by Crippen LogP contribution is -2.28. The number of anilines is 1. The Balaban J connectivity index is 1.36. The summed E-state index contributed by atoms with van der Waals surface area (Å²) in [6.07, 6.45) is 5.12. The molecule has 0 unspecified atom stereocenters. The summed E-state index contributed by atoms with van der Waals surface area (Å²) in [6, 6.07) is 7.58. The minimum Gasteiger partial charge on any atom is -0.334 e. The standard InChI is InChI=1S/C21H24N8O/c1-13(2)28-20-17(11-25-28)8-18(12-23-20)26-21(30)24-10-16-5-6-19(22-9-16)29-15(4)7-14(3)27-29/h5-9,11-13H,10H2,1-4H3,(H2,24,26,30). The third-order valence-corrected chi connectivity index (χ3v) is 4.67. The van der Waals surface area contributed by atoms with Gasteiger partial charge in [-0.3, -0.25) is 0 Å². The number of aryl methyl sites for hydroxylation is 2. The average molecular weight is 404 g/mol. The van der Waals surface area contributed by atoms with E-state index in [9.17, 15) is 4.79 Å². The Morgan fingerprint density at radius 2 is 1.93 bits per heavy atom. The second-order valence-corrected chi connectivity index (χ2v) is 7.49. The summed E-state index contributed by atoms with van der Waals surface area (Å²) in [6.45, 7) is 8.39. The van der Waals surface area contributed by atoms with Gasteiger partial charge in [0.25, 0.3) is 0 Å². The van der Waals surface area contributed by atoms with Crippen LogP contribution in [0.1, 0.15) is 36.8 Å². The zero-order valence-electron chi connectivity index (χ0n) is 17.4. The highest BCUT2D eigenvalue weighted by Gasteiger charge is 2.10. The number of nitrogens with one attached hydrogen (secondary N) is 2. The van der Waals surface area contributed by atoms with Crippen LogP contribution in [0.3, 0.4) is 0 Å². The van der Waals surface area contributed by atoms with Crippen LogP contribution in [0.5, 0.6) is 0 Å². The third-order valence-electron chi connectivity index (χ3n) is 4.67. The van der Waals surface area contributed by atoms with Crippen molar-refractivity contribution in [2.75, 3.05) is 5.32 Å². The number of aromatic nitrogens is 6. The summed E-state index contributed by atoms with van der Waals surface area (Å²) >= 11 is 0. The van der Waals surface area contributed by atoms with Crippen LogP contribution in [0.4, 0.5) is 10.5 Å². The van der Waals surface area contributed by atoms with Crippen molar-refractivity contribution in [1.29, 1.82) is 0 Å². The minimum atomic E-state index is -0.310. The first kappa shape index (κ1) is 19.6. The van der Waals surface area contributed by atoms with Gasteiger partial charge in [0.15, 0.2) is 11.5 Å². The van der Waals surface area contributed by atoms with Gasteiger partial charge >= 0.3 is 6.03 Å². The lowest BCUT2D eigenvalue weighted by molar-refractivity contribution is 0.251. The van der Waals surface area contributed by atoms with Crippen LogP contribution in [-0.2, 0) is 6.54 Å². The number of nitrogens with zero attached hydrogens (tertiary/aromatic N) is 6.